The highest BCUT2D eigenvalue weighted by Gasteiger charge is 2.30. The van der Waals surface area contributed by atoms with Gasteiger partial charge in [-0.2, -0.15) is 0 Å². The van der Waals surface area contributed by atoms with Crippen LogP contribution in [0.2, 0.25) is 0 Å². The van der Waals surface area contributed by atoms with Crippen LogP contribution in [-0.4, -0.2) is 45.8 Å². The molecule has 0 aromatic carbocycles. The normalized spacial score (nSPS) is 16.3. The van der Waals surface area contributed by atoms with Crippen molar-refractivity contribution in [2.24, 2.45) is 5.41 Å². The van der Waals surface area contributed by atoms with E-state index in [1.165, 1.54) is 0 Å². The van der Waals surface area contributed by atoms with Crippen molar-refractivity contribution in [3.8, 4) is 0 Å². The molecule has 1 aromatic rings. The first-order valence-corrected chi connectivity index (χ1v) is 8.22. The maximum absolute atomic E-state index is 12.3. The van der Waals surface area contributed by atoms with Crippen LogP contribution >= 0.6 is 0 Å². The topological polar surface area (TPSA) is 75.2 Å². The minimum absolute atomic E-state index is 0.0948. The number of nitrogens with one attached hydrogen (secondary N) is 1. The van der Waals surface area contributed by atoms with E-state index in [0.717, 1.165) is 25.1 Å². The van der Waals surface area contributed by atoms with Crippen molar-refractivity contribution in [3.63, 3.8) is 0 Å². The predicted molar refractivity (Wildman–Crippen MR) is 87.9 cm³/mol. The van der Waals surface area contributed by atoms with Crippen molar-refractivity contribution in [2.45, 2.75) is 53.0 Å². The number of rotatable bonds is 3. The van der Waals surface area contributed by atoms with Gasteiger partial charge >= 0.3 is 0 Å². The SMILES string of the molecule is CCc1ncc(C(=O)NC2CCN(C(=O)C(C)(C)C)CC2)cn1. The van der Waals surface area contributed by atoms with Crippen molar-refractivity contribution < 1.29 is 9.59 Å². The number of hydrogen-bond acceptors (Lipinski definition) is 4. The molecule has 1 N–H and O–H groups in total. The van der Waals surface area contributed by atoms with Crippen molar-refractivity contribution in [2.75, 3.05) is 13.1 Å². The van der Waals surface area contributed by atoms with Crippen LogP contribution in [0.5, 0.6) is 0 Å². The number of aromatic nitrogens is 2. The smallest absolute Gasteiger partial charge is 0.254 e. The summed E-state index contributed by atoms with van der Waals surface area (Å²) in [5.74, 6) is 0.759. The van der Waals surface area contributed by atoms with E-state index in [0.29, 0.717) is 18.7 Å². The molecular weight excluding hydrogens is 292 g/mol. The van der Waals surface area contributed by atoms with Crippen LogP contribution in [0.25, 0.3) is 0 Å². The Kier molecular flexibility index (Phi) is 5.34. The van der Waals surface area contributed by atoms with Crippen molar-refractivity contribution in [1.29, 1.82) is 0 Å². The average molecular weight is 318 g/mol. The van der Waals surface area contributed by atoms with Gasteiger partial charge in [-0.15, -0.1) is 0 Å². The predicted octanol–water partition coefficient (Wildman–Crippen LogP) is 1.81. The van der Waals surface area contributed by atoms with Crippen LogP contribution < -0.4 is 5.32 Å². The molecule has 0 bridgehead atoms. The lowest BCUT2D eigenvalue weighted by molar-refractivity contribution is -0.140. The summed E-state index contributed by atoms with van der Waals surface area (Å²) in [5, 5.41) is 3.01. The quantitative estimate of drug-likeness (QED) is 0.922. The maximum Gasteiger partial charge on any atom is 0.254 e. The second-order valence-corrected chi connectivity index (χ2v) is 7.03. The van der Waals surface area contributed by atoms with E-state index in [1.54, 1.807) is 12.4 Å². The fraction of sp³-hybridized carbons (Fsp3) is 0.647. The monoisotopic (exact) mass is 318 g/mol. The third-order valence-electron chi connectivity index (χ3n) is 4.04. The molecule has 0 unspecified atom stereocenters. The first kappa shape index (κ1) is 17.4. The first-order chi connectivity index (χ1) is 10.8. The molecule has 6 heteroatoms. The van der Waals surface area contributed by atoms with Crippen LogP contribution in [0.3, 0.4) is 0 Å². The summed E-state index contributed by atoms with van der Waals surface area (Å²) in [6, 6.07) is 0.0948. The van der Waals surface area contributed by atoms with E-state index in [1.807, 2.05) is 32.6 Å². The molecule has 6 nitrogen and oxygen atoms in total. The number of aryl methyl sites for hydroxylation is 1. The van der Waals surface area contributed by atoms with Gasteiger partial charge in [0, 0.05) is 43.4 Å². The number of likely N-dealkylation sites (tertiary alicyclic amines) is 1. The lowest BCUT2D eigenvalue weighted by atomic mass is 9.93. The molecule has 23 heavy (non-hydrogen) atoms. The summed E-state index contributed by atoms with van der Waals surface area (Å²) in [6.07, 6.45) is 5.45. The Balaban J connectivity index is 1.86. The molecule has 0 radical (unpaired) electrons. The Morgan fingerprint density at radius 3 is 2.26 bits per heavy atom. The van der Waals surface area contributed by atoms with E-state index in [2.05, 4.69) is 15.3 Å². The standard InChI is InChI=1S/C17H26N4O2/c1-5-14-18-10-12(11-19-14)15(22)20-13-6-8-21(9-7-13)16(23)17(2,3)4/h10-11,13H,5-9H2,1-4H3,(H,20,22). The van der Waals surface area contributed by atoms with Gasteiger partial charge < -0.3 is 10.2 Å². The van der Waals surface area contributed by atoms with Crippen LogP contribution in [-0.2, 0) is 11.2 Å². The Morgan fingerprint density at radius 1 is 1.22 bits per heavy atom. The molecule has 1 aliphatic rings. The fourth-order valence-corrected chi connectivity index (χ4v) is 2.62. The van der Waals surface area contributed by atoms with Gasteiger partial charge in [-0.25, -0.2) is 9.97 Å². The van der Waals surface area contributed by atoms with Gasteiger partial charge in [-0.05, 0) is 12.8 Å². The highest BCUT2D eigenvalue weighted by Crippen LogP contribution is 2.21. The summed E-state index contributed by atoms with van der Waals surface area (Å²) in [6.45, 7) is 9.15. The van der Waals surface area contributed by atoms with E-state index >= 15 is 0 Å². The molecule has 0 aliphatic carbocycles. The molecule has 0 spiro atoms. The van der Waals surface area contributed by atoms with Gasteiger partial charge in [0.25, 0.3) is 5.91 Å². The molecule has 1 aliphatic heterocycles. The first-order valence-electron chi connectivity index (χ1n) is 8.22. The number of nitrogens with zero attached hydrogens (tertiary/aromatic N) is 3. The molecule has 2 rings (SSSR count). The minimum Gasteiger partial charge on any atom is -0.349 e. The van der Waals surface area contributed by atoms with E-state index in [-0.39, 0.29) is 23.3 Å². The fourth-order valence-electron chi connectivity index (χ4n) is 2.62. The van der Waals surface area contributed by atoms with Crippen molar-refractivity contribution in [1.82, 2.24) is 20.2 Å². The highest BCUT2D eigenvalue weighted by molar-refractivity contribution is 5.93. The highest BCUT2D eigenvalue weighted by atomic mass is 16.2. The van der Waals surface area contributed by atoms with Gasteiger partial charge in [0.1, 0.15) is 5.82 Å². The molecular formula is C17H26N4O2. The van der Waals surface area contributed by atoms with Crippen LogP contribution in [0, 0.1) is 5.41 Å². The third kappa shape index (κ3) is 4.50. The molecule has 2 amide bonds. The largest absolute Gasteiger partial charge is 0.349 e. The molecule has 2 heterocycles. The Hall–Kier alpha value is -1.98. The Morgan fingerprint density at radius 2 is 1.78 bits per heavy atom. The number of hydrogen-bond donors (Lipinski definition) is 1. The average Bonchev–Trinajstić information content (AvgIpc) is 2.54. The van der Waals surface area contributed by atoms with Gasteiger partial charge in [-0.3, -0.25) is 9.59 Å². The number of piperidine rings is 1. The Labute approximate surface area is 137 Å². The van der Waals surface area contributed by atoms with Gasteiger partial charge in [-0.1, -0.05) is 27.7 Å². The van der Waals surface area contributed by atoms with Gasteiger partial charge in [0.15, 0.2) is 0 Å². The van der Waals surface area contributed by atoms with E-state index < -0.39 is 0 Å². The van der Waals surface area contributed by atoms with Crippen LogP contribution in [0.1, 0.15) is 56.7 Å². The molecule has 0 atom stereocenters. The number of amides is 2. The van der Waals surface area contributed by atoms with Crippen LogP contribution in [0.15, 0.2) is 12.4 Å². The zero-order valence-electron chi connectivity index (χ0n) is 14.4. The van der Waals surface area contributed by atoms with Crippen LogP contribution in [0.4, 0.5) is 0 Å². The second-order valence-electron chi connectivity index (χ2n) is 7.03. The minimum atomic E-state index is -0.353. The maximum atomic E-state index is 12.3. The van der Waals surface area contributed by atoms with E-state index in [4.69, 9.17) is 0 Å². The zero-order valence-corrected chi connectivity index (χ0v) is 14.4. The lowest BCUT2D eigenvalue weighted by Crippen LogP contribution is -2.49. The van der Waals surface area contributed by atoms with Crippen molar-refractivity contribution >= 4 is 11.8 Å². The number of carbonyl (C=O) groups excluding carboxylic acids is 2. The molecule has 1 fully saturated rings. The van der Waals surface area contributed by atoms with Gasteiger partial charge in [0.2, 0.25) is 5.91 Å². The van der Waals surface area contributed by atoms with E-state index in [9.17, 15) is 9.59 Å². The van der Waals surface area contributed by atoms with Gasteiger partial charge in [0.05, 0.1) is 5.56 Å². The molecule has 0 saturated carbocycles. The van der Waals surface area contributed by atoms with Crippen molar-refractivity contribution in [3.05, 3.63) is 23.8 Å². The second kappa shape index (κ2) is 7.06. The summed E-state index contributed by atoms with van der Waals surface area (Å²) in [7, 11) is 0. The summed E-state index contributed by atoms with van der Waals surface area (Å²) < 4.78 is 0. The molecule has 126 valence electrons. The zero-order chi connectivity index (χ0) is 17.0. The summed E-state index contributed by atoms with van der Waals surface area (Å²) in [4.78, 5) is 34.7. The molecule has 1 aromatic heterocycles. The number of carbonyl (C=O) groups is 2. The summed E-state index contributed by atoms with van der Waals surface area (Å²) >= 11 is 0. The lowest BCUT2D eigenvalue weighted by Gasteiger charge is -2.36. The molecule has 1 saturated heterocycles. The summed E-state index contributed by atoms with van der Waals surface area (Å²) in [5.41, 5.74) is 0.129. The Bertz CT molecular complexity index is 555. The third-order valence-corrected chi connectivity index (χ3v) is 4.04.